The molecule has 1 rings (SSSR count). The van der Waals surface area contributed by atoms with Gasteiger partial charge in [-0.25, -0.2) is 0 Å². The van der Waals surface area contributed by atoms with E-state index in [9.17, 15) is 0 Å². The zero-order chi connectivity index (χ0) is 10.6. The first-order chi connectivity index (χ1) is 6.70. The fourth-order valence-electron chi connectivity index (χ4n) is 1.51. The van der Waals surface area contributed by atoms with Gasteiger partial charge >= 0.3 is 0 Å². The standard InChI is InChI=1S/C12H17NO/c1-9(7-8-13)11-6-4-5-10(2)12(11)14-3/h4-6H,1,7-8,13H2,2-3H3. The third kappa shape index (κ3) is 2.15. The molecule has 0 bridgehead atoms. The van der Waals surface area contributed by atoms with Gasteiger partial charge in [-0.2, -0.15) is 0 Å². The summed E-state index contributed by atoms with van der Waals surface area (Å²) in [7, 11) is 1.68. The zero-order valence-electron chi connectivity index (χ0n) is 8.84. The van der Waals surface area contributed by atoms with Crippen LogP contribution in [0.1, 0.15) is 17.5 Å². The van der Waals surface area contributed by atoms with Gasteiger partial charge in [-0.05, 0) is 31.0 Å². The summed E-state index contributed by atoms with van der Waals surface area (Å²) in [4.78, 5) is 0. The maximum absolute atomic E-state index is 5.49. The first-order valence-corrected chi connectivity index (χ1v) is 4.72. The SMILES string of the molecule is C=C(CCN)c1cccc(C)c1OC. The van der Waals surface area contributed by atoms with Gasteiger partial charge in [0.15, 0.2) is 0 Å². The normalized spacial score (nSPS) is 9.93. The number of hydrogen-bond acceptors (Lipinski definition) is 2. The van der Waals surface area contributed by atoms with E-state index >= 15 is 0 Å². The van der Waals surface area contributed by atoms with Gasteiger partial charge in [0.1, 0.15) is 5.75 Å². The lowest BCUT2D eigenvalue weighted by molar-refractivity contribution is 0.410. The quantitative estimate of drug-likeness (QED) is 0.793. The molecule has 0 unspecified atom stereocenters. The van der Waals surface area contributed by atoms with E-state index in [4.69, 9.17) is 10.5 Å². The summed E-state index contributed by atoms with van der Waals surface area (Å²) >= 11 is 0. The van der Waals surface area contributed by atoms with Crippen LogP contribution < -0.4 is 10.5 Å². The summed E-state index contributed by atoms with van der Waals surface area (Å²) in [6, 6.07) is 6.05. The van der Waals surface area contributed by atoms with Crippen molar-refractivity contribution in [1.29, 1.82) is 0 Å². The van der Waals surface area contributed by atoms with E-state index in [0.717, 1.165) is 28.9 Å². The molecule has 0 saturated carbocycles. The van der Waals surface area contributed by atoms with Crippen molar-refractivity contribution in [3.8, 4) is 5.75 Å². The molecule has 0 heterocycles. The molecular weight excluding hydrogens is 174 g/mol. The van der Waals surface area contributed by atoms with Crippen LogP contribution in [0.4, 0.5) is 0 Å². The lowest BCUT2D eigenvalue weighted by atomic mass is 10.0. The highest BCUT2D eigenvalue weighted by molar-refractivity contribution is 5.70. The van der Waals surface area contributed by atoms with Crippen LogP contribution in [0.25, 0.3) is 5.57 Å². The van der Waals surface area contributed by atoms with Crippen LogP contribution in [-0.4, -0.2) is 13.7 Å². The Kier molecular flexibility index (Phi) is 3.72. The van der Waals surface area contributed by atoms with Crippen LogP contribution in [-0.2, 0) is 0 Å². The smallest absolute Gasteiger partial charge is 0.129 e. The third-order valence-corrected chi connectivity index (χ3v) is 2.24. The lowest BCUT2D eigenvalue weighted by Gasteiger charge is -2.12. The van der Waals surface area contributed by atoms with Gasteiger partial charge in [0.2, 0.25) is 0 Å². The molecule has 0 fully saturated rings. The monoisotopic (exact) mass is 191 g/mol. The number of nitrogens with two attached hydrogens (primary N) is 1. The molecule has 2 heteroatoms. The summed E-state index contributed by atoms with van der Waals surface area (Å²) in [5.74, 6) is 0.908. The van der Waals surface area contributed by atoms with Gasteiger partial charge < -0.3 is 10.5 Å². The largest absolute Gasteiger partial charge is 0.496 e. The topological polar surface area (TPSA) is 35.2 Å². The van der Waals surface area contributed by atoms with Gasteiger partial charge in [-0.3, -0.25) is 0 Å². The molecule has 0 amide bonds. The molecule has 14 heavy (non-hydrogen) atoms. The first-order valence-electron chi connectivity index (χ1n) is 4.72. The van der Waals surface area contributed by atoms with Gasteiger partial charge in [0.05, 0.1) is 7.11 Å². The Balaban J connectivity index is 3.07. The second kappa shape index (κ2) is 4.82. The molecule has 0 spiro atoms. The Morgan fingerprint density at radius 3 is 2.79 bits per heavy atom. The molecule has 0 aliphatic heterocycles. The number of aryl methyl sites for hydroxylation is 1. The summed E-state index contributed by atoms with van der Waals surface area (Å²) in [6.45, 7) is 6.65. The van der Waals surface area contributed by atoms with Gasteiger partial charge in [0, 0.05) is 5.56 Å². The molecule has 2 N–H and O–H groups in total. The summed E-state index contributed by atoms with van der Waals surface area (Å²) in [6.07, 6.45) is 0.805. The van der Waals surface area contributed by atoms with Crippen molar-refractivity contribution in [2.45, 2.75) is 13.3 Å². The van der Waals surface area contributed by atoms with Gasteiger partial charge in [-0.1, -0.05) is 24.8 Å². The van der Waals surface area contributed by atoms with E-state index in [0.29, 0.717) is 6.54 Å². The number of methoxy groups -OCH3 is 1. The molecule has 76 valence electrons. The maximum Gasteiger partial charge on any atom is 0.129 e. The molecule has 2 nitrogen and oxygen atoms in total. The zero-order valence-corrected chi connectivity index (χ0v) is 8.84. The average Bonchev–Trinajstić information content (AvgIpc) is 2.17. The highest BCUT2D eigenvalue weighted by Crippen LogP contribution is 2.29. The van der Waals surface area contributed by atoms with Crippen LogP contribution in [0, 0.1) is 6.92 Å². The molecular formula is C12H17NO. The molecule has 0 atom stereocenters. The van der Waals surface area contributed by atoms with Crippen molar-refractivity contribution < 1.29 is 4.74 Å². The summed E-state index contributed by atoms with van der Waals surface area (Å²) < 4.78 is 5.34. The van der Waals surface area contributed by atoms with Crippen LogP contribution in [0.2, 0.25) is 0 Å². The van der Waals surface area contributed by atoms with Crippen molar-refractivity contribution in [3.63, 3.8) is 0 Å². The Morgan fingerprint density at radius 1 is 1.50 bits per heavy atom. The number of para-hydroxylation sites is 1. The minimum atomic E-state index is 0.621. The lowest BCUT2D eigenvalue weighted by Crippen LogP contribution is -2.01. The Labute approximate surface area is 85.4 Å². The minimum Gasteiger partial charge on any atom is -0.496 e. The second-order valence-electron chi connectivity index (χ2n) is 3.30. The van der Waals surface area contributed by atoms with E-state index in [-0.39, 0.29) is 0 Å². The Bertz CT molecular complexity index is 331. The van der Waals surface area contributed by atoms with Crippen LogP contribution in [0.3, 0.4) is 0 Å². The van der Waals surface area contributed by atoms with Gasteiger partial charge in [0.25, 0.3) is 0 Å². The number of benzene rings is 1. The van der Waals surface area contributed by atoms with Crippen LogP contribution in [0.15, 0.2) is 24.8 Å². The van der Waals surface area contributed by atoms with Crippen LogP contribution >= 0.6 is 0 Å². The number of ether oxygens (including phenoxy) is 1. The van der Waals surface area contributed by atoms with E-state index < -0.39 is 0 Å². The highest BCUT2D eigenvalue weighted by Gasteiger charge is 2.07. The fraction of sp³-hybridized carbons (Fsp3) is 0.333. The number of rotatable bonds is 4. The second-order valence-corrected chi connectivity index (χ2v) is 3.30. The predicted molar refractivity (Wildman–Crippen MR) is 60.4 cm³/mol. The average molecular weight is 191 g/mol. The molecule has 0 aliphatic carbocycles. The Hall–Kier alpha value is -1.28. The van der Waals surface area contributed by atoms with Crippen molar-refractivity contribution in [2.24, 2.45) is 5.73 Å². The molecule has 1 aromatic carbocycles. The van der Waals surface area contributed by atoms with E-state index in [1.165, 1.54) is 0 Å². The van der Waals surface area contributed by atoms with E-state index in [2.05, 4.69) is 6.58 Å². The van der Waals surface area contributed by atoms with Gasteiger partial charge in [-0.15, -0.1) is 0 Å². The molecule has 0 radical (unpaired) electrons. The first kappa shape index (κ1) is 10.8. The molecule has 0 saturated heterocycles. The summed E-state index contributed by atoms with van der Waals surface area (Å²) in [5.41, 5.74) is 8.73. The third-order valence-electron chi connectivity index (χ3n) is 2.24. The van der Waals surface area contributed by atoms with E-state index in [1.54, 1.807) is 7.11 Å². The fourth-order valence-corrected chi connectivity index (χ4v) is 1.51. The maximum atomic E-state index is 5.49. The highest BCUT2D eigenvalue weighted by atomic mass is 16.5. The summed E-state index contributed by atoms with van der Waals surface area (Å²) in [5, 5.41) is 0. The van der Waals surface area contributed by atoms with Crippen molar-refractivity contribution in [2.75, 3.05) is 13.7 Å². The van der Waals surface area contributed by atoms with Crippen molar-refractivity contribution in [3.05, 3.63) is 35.9 Å². The van der Waals surface area contributed by atoms with Crippen LogP contribution in [0.5, 0.6) is 5.75 Å². The molecule has 0 aromatic heterocycles. The van der Waals surface area contributed by atoms with E-state index in [1.807, 2.05) is 25.1 Å². The molecule has 0 aliphatic rings. The Morgan fingerprint density at radius 2 is 2.21 bits per heavy atom. The predicted octanol–water partition coefficient (Wildman–Crippen LogP) is 2.37. The van der Waals surface area contributed by atoms with Crippen molar-refractivity contribution in [1.82, 2.24) is 0 Å². The van der Waals surface area contributed by atoms with Crippen molar-refractivity contribution >= 4 is 5.57 Å². The number of hydrogen-bond donors (Lipinski definition) is 1. The molecule has 1 aromatic rings. The minimum absolute atomic E-state index is 0.621.